The van der Waals surface area contributed by atoms with Crippen LogP contribution in [-0.2, 0) is 10.0 Å². The number of fused-ring (bicyclic) bond motifs is 1. The number of carbonyl (C=O) groups is 1. The number of nitrogens with zero attached hydrogens (tertiary/aromatic N) is 4. The van der Waals surface area contributed by atoms with E-state index in [2.05, 4.69) is 23.7 Å². The van der Waals surface area contributed by atoms with E-state index in [0.29, 0.717) is 47.1 Å². The number of hydrogen-bond donors (Lipinski definition) is 0. The highest BCUT2D eigenvalue weighted by molar-refractivity contribution is 7.89. The Morgan fingerprint density at radius 3 is 2.11 bits per heavy atom. The van der Waals surface area contributed by atoms with Crippen LogP contribution in [0.2, 0.25) is 0 Å². The van der Waals surface area contributed by atoms with E-state index in [4.69, 9.17) is 0 Å². The predicted octanol–water partition coefficient (Wildman–Crippen LogP) is 5.66. The topological polar surface area (TPSA) is 73.8 Å². The van der Waals surface area contributed by atoms with Crippen LogP contribution in [0.1, 0.15) is 50.9 Å². The van der Waals surface area contributed by atoms with Gasteiger partial charge in [-0.2, -0.15) is 4.31 Å². The van der Waals surface area contributed by atoms with Gasteiger partial charge in [0, 0.05) is 31.7 Å². The Labute approximate surface area is 229 Å². The van der Waals surface area contributed by atoms with Crippen molar-refractivity contribution in [2.45, 2.75) is 45.4 Å². The normalized spacial score (nSPS) is 11.8. The molecule has 204 valence electrons. The summed E-state index contributed by atoms with van der Waals surface area (Å²) < 4.78 is 42.1. The second kappa shape index (κ2) is 14.2. The van der Waals surface area contributed by atoms with Gasteiger partial charge < -0.3 is 4.90 Å². The lowest BCUT2D eigenvalue weighted by molar-refractivity contribution is 0.0983. The Hall–Kier alpha value is -2.11. The molecule has 0 saturated carbocycles. The molecule has 0 atom stereocenters. The molecule has 0 bridgehead atoms. The number of halogens is 2. The van der Waals surface area contributed by atoms with Gasteiger partial charge in [-0.15, -0.1) is 12.4 Å². The van der Waals surface area contributed by atoms with Crippen LogP contribution in [0.25, 0.3) is 10.2 Å². The smallest absolute Gasteiger partial charge is 0.260 e. The molecule has 1 heterocycles. The van der Waals surface area contributed by atoms with Gasteiger partial charge in [-0.05, 0) is 68.4 Å². The summed E-state index contributed by atoms with van der Waals surface area (Å²) in [5.74, 6) is -0.625. The van der Waals surface area contributed by atoms with E-state index in [-0.39, 0.29) is 29.0 Å². The van der Waals surface area contributed by atoms with Gasteiger partial charge >= 0.3 is 0 Å². The lowest BCUT2D eigenvalue weighted by Crippen LogP contribution is -2.39. The summed E-state index contributed by atoms with van der Waals surface area (Å²) in [6.07, 6.45) is 1.45. The zero-order chi connectivity index (χ0) is 26.3. The number of likely N-dealkylation sites (N-methyl/N-ethyl adjacent to an activating group) is 1. The van der Waals surface area contributed by atoms with E-state index >= 15 is 0 Å². The zero-order valence-corrected chi connectivity index (χ0v) is 24.3. The average molecular weight is 571 g/mol. The van der Waals surface area contributed by atoms with Crippen molar-refractivity contribution in [2.24, 2.45) is 0 Å². The number of aromatic nitrogens is 1. The Balaban J connectivity index is 0.00000481. The van der Waals surface area contributed by atoms with Crippen LogP contribution in [0.3, 0.4) is 0 Å². The van der Waals surface area contributed by atoms with E-state index in [9.17, 15) is 17.6 Å². The fourth-order valence-electron chi connectivity index (χ4n) is 3.99. The average Bonchev–Trinajstić information content (AvgIpc) is 3.29. The highest BCUT2D eigenvalue weighted by Gasteiger charge is 2.25. The van der Waals surface area contributed by atoms with Crippen molar-refractivity contribution in [2.75, 3.05) is 44.2 Å². The molecule has 0 aliphatic heterocycles. The van der Waals surface area contributed by atoms with Crippen LogP contribution in [0.5, 0.6) is 0 Å². The summed E-state index contributed by atoms with van der Waals surface area (Å²) in [5, 5.41) is 0.488. The summed E-state index contributed by atoms with van der Waals surface area (Å²) in [6.45, 7) is 11.7. The Morgan fingerprint density at radius 2 is 1.54 bits per heavy atom. The van der Waals surface area contributed by atoms with Crippen LogP contribution in [0, 0.1) is 5.82 Å². The largest absolute Gasteiger partial charge is 0.302 e. The molecule has 3 rings (SSSR count). The minimum Gasteiger partial charge on any atom is -0.302 e. The third-order valence-corrected chi connectivity index (χ3v) is 8.99. The van der Waals surface area contributed by atoms with Crippen LogP contribution < -0.4 is 4.90 Å². The molecule has 0 N–H and O–H groups in total. The highest BCUT2D eigenvalue weighted by Crippen LogP contribution is 2.30. The van der Waals surface area contributed by atoms with Gasteiger partial charge in [0.25, 0.3) is 5.91 Å². The first-order valence-corrected chi connectivity index (χ1v) is 14.7. The summed E-state index contributed by atoms with van der Waals surface area (Å²) in [4.78, 5) is 22.2. The fraction of sp³-hybridized carbons (Fsp3) is 0.462. The summed E-state index contributed by atoms with van der Waals surface area (Å²) in [5.41, 5.74) is 1.00. The van der Waals surface area contributed by atoms with Gasteiger partial charge in [-0.3, -0.25) is 9.69 Å². The van der Waals surface area contributed by atoms with Crippen molar-refractivity contribution in [3.8, 4) is 0 Å². The molecular weight excluding hydrogens is 535 g/mol. The van der Waals surface area contributed by atoms with Gasteiger partial charge in [-0.1, -0.05) is 39.0 Å². The Kier molecular flexibility index (Phi) is 11.9. The van der Waals surface area contributed by atoms with E-state index in [1.54, 1.807) is 23.1 Å². The number of rotatable bonds is 13. The molecule has 0 unspecified atom stereocenters. The molecule has 2 aromatic carbocycles. The number of benzene rings is 2. The lowest BCUT2D eigenvalue weighted by Gasteiger charge is -2.25. The molecule has 1 aromatic heterocycles. The molecule has 0 radical (unpaired) electrons. The maximum Gasteiger partial charge on any atom is 0.260 e. The van der Waals surface area contributed by atoms with Crippen LogP contribution >= 0.6 is 23.7 Å². The van der Waals surface area contributed by atoms with Gasteiger partial charge in [0.2, 0.25) is 10.0 Å². The molecule has 7 nitrogen and oxygen atoms in total. The van der Waals surface area contributed by atoms with Crippen molar-refractivity contribution in [1.29, 1.82) is 0 Å². The molecule has 1 amide bonds. The summed E-state index contributed by atoms with van der Waals surface area (Å²) >= 11 is 1.26. The number of amides is 1. The minimum atomic E-state index is -3.63. The van der Waals surface area contributed by atoms with Crippen molar-refractivity contribution in [3.05, 3.63) is 53.8 Å². The molecule has 37 heavy (non-hydrogen) atoms. The van der Waals surface area contributed by atoms with Crippen molar-refractivity contribution < 1.29 is 17.6 Å². The van der Waals surface area contributed by atoms with Gasteiger partial charge in [-0.25, -0.2) is 17.8 Å². The second-order valence-electron chi connectivity index (χ2n) is 8.52. The molecule has 0 saturated heterocycles. The molecule has 0 aliphatic carbocycles. The van der Waals surface area contributed by atoms with Gasteiger partial charge in [0.15, 0.2) is 5.13 Å². The third-order valence-electron chi connectivity index (χ3n) is 6.03. The zero-order valence-electron chi connectivity index (χ0n) is 21.8. The highest BCUT2D eigenvalue weighted by atomic mass is 35.5. The van der Waals surface area contributed by atoms with E-state index in [1.165, 1.54) is 39.9 Å². The van der Waals surface area contributed by atoms with E-state index in [0.717, 1.165) is 25.9 Å². The molecule has 3 aromatic rings. The second-order valence-corrected chi connectivity index (χ2v) is 11.5. The fourth-order valence-corrected chi connectivity index (χ4v) is 6.63. The first-order chi connectivity index (χ1) is 17.2. The van der Waals surface area contributed by atoms with Crippen molar-refractivity contribution in [3.63, 3.8) is 0 Å². The van der Waals surface area contributed by atoms with E-state index in [1.807, 2.05) is 13.8 Å². The van der Waals surface area contributed by atoms with Gasteiger partial charge in [0.1, 0.15) is 5.82 Å². The number of sulfonamides is 1. The van der Waals surface area contributed by atoms with Crippen molar-refractivity contribution >= 4 is 55.0 Å². The van der Waals surface area contributed by atoms with Crippen molar-refractivity contribution in [1.82, 2.24) is 14.2 Å². The number of anilines is 1. The predicted molar refractivity (Wildman–Crippen MR) is 152 cm³/mol. The molecule has 0 spiro atoms. The lowest BCUT2D eigenvalue weighted by atomic mass is 10.2. The quantitative estimate of drug-likeness (QED) is 0.265. The van der Waals surface area contributed by atoms with Gasteiger partial charge in [0.05, 0.1) is 15.1 Å². The number of carbonyl (C=O) groups excluding carboxylic acids is 1. The van der Waals surface area contributed by atoms with Crippen LogP contribution in [0.15, 0.2) is 47.4 Å². The number of thiazole rings is 1. The third kappa shape index (κ3) is 7.48. The monoisotopic (exact) mass is 570 g/mol. The maximum atomic E-state index is 13.7. The molecule has 0 fully saturated rings. The Bertz CT molecular complexity index is 1260. The molecule has 0 aliphatic rings. The summed E-state index contributed by atoms with van der Waals surface area (Å²) in [6, 6.07) is 10.5. The van der Waals surface area contributed by atoms with E-state index < -0.39 is 10.0 Å². The Morgan fingerprint density at radius 1 is 0.919 bits per heavy atom. The van der Waals surface area contributed by atoms with Crippen LogP contribution in [0.4, 0.5) is 9.52 Å². The molecular formula is C26H36ClFN4O3S2. The van der Waals surface area contributed by atoms with Crippen LogP contribution in [-0.4, -0.2) is 67.8 Å². The number of hydrogen-bond acceptors (Lipinski definition) is 6. The standard InChI is InChI=1S/C26H35FN4O3S2.ClH/c1-5-15-30(16-6-2)36(33,34)22-12-9-20(10-13-22)25(32)31(18-17-29(7-3)8-4)26-28-23-14-11-21(27)19-24(23)35-26;/h9-14,19H,5-8,15-18H2,1-4H3;1H. The molecule has 11 heteroatoms. The first kappa shape index (κ1) is 31.1. The SMILES string of the molecule is CCCN(CCC)S(=O)(=O)c1ccc(C(=O)N(CCN(CC)CC)c2nc3ccc(F)cc3s2)cc1.Cl. The minimum absolute atomic E-state index is 0. The first-order valence-electron chi connectivity index (χ1n) is 12.5. The maximum absolute atomic E-state index is 13.7. The summed E-state index contributed by atoms with van der Waals surface area (Å²) in [7, 11) is -3.63.